The maximum atomic E-state index is 12.4. The number of nitrogens with two attached hydrogens (primary N) is 1. The average Bonchev–Trinajstić information content (AvgIpc) is 2.88. The van der Waals surface area contributed by atoms with Crippen LogP contribution < -0.4 is 16.0 Å². The fourth-order valence-electron chi connectivity index (χ4n) is 2.78. The molecule has 36 heavy (non-hydrogen) atoms. The molecular formula is C25H24N4O7. The van der Waals surface area contributed by atoms with Crippen LogP contribution in [0, 0.1) is 0 Å². The Morgan fingerprint density at radius 2 is 1.61 bits per heavy atom. The van der Waals surface area contributed by atoms with Crippen LogP contribution in [0.25, 0.3) is 0 Å². The predicted octanol–water partition coefficient (Wildman–Crippen LogP) is 3.40. The molecule has 11 nitrogen and oxygen atoms in total. The van der Waals surface area contributed by atoms with Crippen molar-refractivity contribution in [3.63, 3.8) is 0 Å². The van der Waals surface area contributed by atoms with Gasteiger partial charge in [-0.15, -0.1) is 0 Å². The highest BCUT2D eigenvalue weighted by Crippen LogP contribution is 2.20. The second-order valence-electron chi connectivity index (χ2n) is 7.02. The van der Waals surface area contributed by atoms with E-state index in [4.69, 9.17) is 20.7 Å². The lowest BCUT2D eigenvalue weighted by molar-refractivity contribution is -0.134. The van der Waals surface area contributed by atoms with Crippen molar-refractivity contribution >= 4 is 41.0 Å². The highest BCUT2D eigenvalue weighted by Gasteiger charge is 2.17. The molecule has 0 aliphatic carbocycles. The van der Waals surface area contributed by atoms with E-state index in [2.05, 4.69) is 10.3 Å². The highest BCUT2D eigenvalue weighted by atomic mass is 16.5. The number of aromatic nitrogens is 1. The monoisotopic (exact) mass is 492 g/mol. The van der Waals surface area contributed by atoms with Crippen LogP contribution in [0.2, 0.25) is 0 Å². The fraction of sp³-hybridized carbons (Fsp3) is 0.0800. The van der Waals surface area contributed by atoms with Gasteiger partial charge in [-0.25, -0.2) is 14.4 Å². The first-order chi connectivity index (χ1) is 17.2. The maximum Gasteiger partial charge on any atom is 0.414 e. The Bertz CT molecular complexity index is 1210. The number of hydrogen-bond acceptors (Lipinski definition) is 7. The molecule has 3 aromatic rings. The van der Waals surface area contributed by atoms with Gasteiger partial charge in [0, 0.05) is 23.9 Å². The molecule has 3 rings (SSSR count). The second-order valence-corrected chi connectivity index (χ2v) is 7.02. The number of para-hydroxylation sites is 2. The number of anilines is 3. The SMILES string of the molecule is COC(=O)N(Cc1ccc(C(=O)Nc2ccccc2N)cc1)c1cccnc1.O=C(O)/C=C\C(=O)O. The van der Waals surface area contributed by atoms with Gasteiger partial charge in [-0.2, -0.15) is 0 Å². The van der Waals surface area contributed by atoms with Crippen LogP contribution in [0.4, 0.5) is 21.9 Å². The normalized spacial score (nSPS) is 10.0. The number of nitrogens with one attached hydrogen (secondary N) is 1. The van der Waals surface area contributed by atoms with Gasteiger partial charge < -0.3 is 26.0 Å². The summed E-state index contributed by atoms with van der Waals surface area (Å²) >= 11 is 0. The topological polar surface area (TPSA) is 172 Å². The van der Waals surface area contributed by atoms with Crippen LogP contribution >= 0.6 is 0 Å². The molecule has 0 saturated carbocycles. The average molecular weight is 492 g/mol. The lowest BCUT2D eigenvalue weighted by atomic mass is 10.1. The van der Waals surface area contributed by atoms with Gasteiger partial charge in [0.15, 0.2) is 0 Å². The van der Waals surface area contributed by atoms with E-state index in [0.29, 0.717) is 34.8 Å². The number of hydrogen-bond donors (Lipinski definition) is 4. The van der Waals surface area contributed by atoms with Crippen molar-refractivity contribution in [3.8, 4) is 0 Å². The van der Waals surface area contributed by atoms with Gasteiger partial charge in [0.25, 0.3) is 5.91 Å². The zero-order valence-electron chi connectivity index (χ0n) is 19.2. The lowest BCUT2D eigenvalue weighted by Gasteiger charge is -2.21. The summed E-state index contributed by atoms with van der Waals surface area (Å²) in [6, 6.07) is 17.5. The number of amides is 2. The van der Waals surface area contributed by atoms with E-state index in [1.807, 2.05) is 0 Å². The molecule has 0 aliphatic heterocycles. The maximum absolute atomic E-state index is 12.4. The number of carbonyl (C=O) groups is 4. The van der Waals surface area contributed by atoms with Crippen molar-refractivity contribution in [1.29, 1.82) is 0 Å². The summed E-state index contributed by atoms with van der Waals surface area (Å²) in [6.45, 7) is 0.284. The van der Waals surface area contributed by atoms with Gasteiger partial charge in [0.1, 0.15) is 0 Å². The standard InChI is InChI=1S/C21H20N4O3.C4H4O4/c1-28-21(27)25(17-5-4-12-23-13-17)14-15-8-10-16(11-9-15)20(26)24-19-7-3-2-6-18(19)22;5-3(6)1-2-4(7)8/h2-13H,14,22H2,1H3,(H,24,26);1-2H,(H,5,6)(H,7,8)/b;2-1-. The van der Waals surface area contributed by atoms with Crippen LogP contribution in [-0.2, 0) is 20.9 Å². The molecular weight excluding hydrogens is 468 g/mol. The molecule has 0 fully saturated rings. The van der Waals surface area contributed by atoms with E-state index >= 15 is 0 Å². The quantitative estimate of drug-likeness (QED) is 0.285. The minimum Gasteiger partial charge on any atom is -0.478 e. The van der Waals surface area contributed by atoms with E-state index in [-0.39, 0.29) is 12.5 Å². The highest BCUT2D eigenvalue weighted by molar-refractivity contribution is 6.05. The summed E-state index contributed by atoms with van der Waals surface area (Å²) < 4.78 is 4.86. The summed E-state index contributed by atoms with van der Waals surface area (Å²) in [5.74, 6) is -2.78. The third-order valence-corrected chi connectivity index (χ3v) is 4.49. The molecule has 1 heterocycles. The van der Waals surface area contributed by atoms with Gasteiger partial charge in [-0.05, 0) is 42.0 Å². The van der Waals surface area contributed by atoms with E-state index in [0.717, 1.165) is 5.56 Å². The molecule has 0 spiro atoms. The minimum absolute atomic E-state index is 0.262. The summed E-state index contributed by atoms with van der Waals surface area (Å²) in [6.07, 6.45) is 3.84. The largest absolute Gasteiger partial charge is 0.478 e. The van der Waals surface area contributed by atoms with Crippen molar-refractivity contribution in [1.82, 2.24) is 4.98 Å². The smallest absolute Gasteiger partial charge is 0.414 e. The van der Waals surface area contributed by atoms with E-state index in [1.54, 1.807) is 73.1 Å². The first-order valence-corrected chi connectivity index (χ1v) is 10.4. The molecule has 0 saturated heterocycles. The van der Waals surface area contributed by atoms with Gasteiger partial charge in [-0.1, -0.05) is 24.3 Å². The summed E-state index contributed by atoms with van der Waals surface area (Å²) in [7, 11) is 1.33. The van der Waals surface area contributed by atoms with Gasteiger partial charge >= 0.3 is 18.0 Å². The molecule has 0 radical (unpaired) electrons. The van der Waals surface area contributed by atoms with Gasteiger partial charge in [0.2, 0.25) is 0 Å². The first-order valence-electron chi connectivity index (χ1n) is 10.4. The summed E-state index contributed by atoms with van der Waals surface area (Å²) in [4.78, 5) is 49.2. The Morgan fingerprint density at radius 3 is 2.14 bits per heavy atom. The lowest BCUT2D eigenvalue weighted by Crippen LogP contribution is -2.30. The number of benzene rings is 2. The molecule has 0 aliphatic rings. The predicted molar refractivity (Wildman–Crippen MR) is 132 cm³/mol. The number of carboxylic acid groups (broad SMARTS) is 2. The van der Waals surface area contributed by atoms with Crippen LogP contribution in [0.1, 0.15) is 15.9 Å². The number of ether oxygens (including phenoxy) is 1. The molecule has 0 bridgehead atoms. The van der Waals surface area contributed by atoms with Crippen molar-refractivity contribution in [2.75, 3.05) is 23.1 Å². The summed E-state index contributed by atoms with van der Waals surface area (Å²) in [5.41, 5.74) is 8.85. The van der Waals surface area contributed by atoms with Gasteiger partial charge in [0.05, 0.1) is 36.9 Å². The number of carboxylic acids is 2. The Balaban J connectivity index is 0.000000493. The Hall–Kier alpha value is -5.19. The number of carbonyl (C=O) groups excluding carboxylic acids is 2. The Kier molecular flexibility index (Phi) is 10.1. The summed E-state index contributed by atoms with van der Waals surface area (Å²) in [5, 5.41) is 18.4. The van der Waals surface area contributed by atoms with Crippen molar-refractivity contribution in [3.05, 3.63) is 96.3 Å². The second kappa shape index (κ2) is 13.5. The molecule has 2 aromatic carbocycles. The van der Waals surface area contributed by atoms with Gasteiger partial charge in [-0.3, -0.25) is 14.7 Å². The zero-order valence-corrected chi connectivity index (χ0v) is 19.2. The third-order valence-electron chi connectivity index (χ3n) is 4.49. The molecule has 11 heteroatoms. The number of pyridine rings is 1. The Labute approximate surface area is 206 Å². The van der Waals surface area contributed by atoms with E-state index in [9.17, 15) is 19.2 Å². The van der Waals surface area contributed by atoms with Crippen molar-refractivity contribution in [2.24, 2.45) is 0 Å². The molecule has 5 N–H and O–H groups in total. The van der Waals surface area contributed by atoms with Crippen LogP contribution in [0.5, 0.6) is 0 Å². The third kappa shape index (κ3) is 8.63. The number of nitrogens with zero attached hydrogens (tertiary/aromatic N) is 2. The number of nitrogen functional groups attached to an aromatic ring is 1. The fourth-order valence-corrected chi connectivity index (χ4v) is 2.78. The zero-order chi connectivity index (χ0) is 26.5. The molecule has 2 amide bonds. The van der Waals surface area contributed by atoms with Crippen LogP contribution in [0.3, 0.4) is 0 Å². The first kappa shape index (κ1) is 27.1. The number of aliphatic carboxylic acids is 2. The number of rotatable bonds is 7. The molecule has 1 aromatic heterocycles. The molecule has 0 unspecified atom stereocenters. The van der Waals surface area contributed by atoms with E-state index in [1.165, 1.54) is 12.0 Å². The molecule has 186 valence electrons. The van der Waals surface area contributed by atoms with Crippen molar-refractivity contribution < 1.29 is 34.1 Å². The minimum atomic E-state index is -1.26. The molecule has 0 atom stereocenters. The van der Waals surface area contributed by atoms with Crippen molar-refractivity contribution in [2.45, 2.75) is 6.54 Å². The van der Waals surface area contributed by atoms with Crippen LogP contribution in [0.15, 0.2) is 85.2 Å². The van der Waals surface area contributed by atoms with Crippen LogP contribution in [-0.4, -0.2) is 46.2 Å². The van der Waals surface area contributed by atoms with E-state index < -0.39 is 18.0 Å². The Morgan fingerprint density at radius 1 is 0.972 bits per heavy atom. The number of methoxy groups -OCH3 is 1.